The molecule has 1 aromatic heterocycles. The first-order valence-electron chi connectivity index (χ1n) is 8.36. The van der Waals surface area contributed by atoms with E-state index in [1.807, 2.05) is 60.7 Å². The molecule has 0 spiro atoms. The average molecular weight is 365 g/mol. The lowest BCUT2D eigenvalue weighted by Crippen LogP contribution is -2.22. The van der Waals surface area contributed by atoms with E-state index in [1.54, 1.807) is 18.4 Å². The Balaban J connectivity index is 1.90. The molecule has 0 radical (unpaired) electrons. The Morgan fingerprint density at radius 1 is 0.962 bits per heavy atom. The summed E-state index contributed by atoms with van der Waals surface area (Å²) in [7, 11) is 0. The van der Waals surface area contributed by atoms with E-state index < -0.39 is 11.9 Å². The summed E-state index contributed by atoms with van der Waals surface area (Å²) in [5, 5.41) is 5.18. The molecule has 0 bridgehead atoms. The molecule has 0 saturated carbocycles. The van der Waals surface area contributed by atoms with Gasteiger partial charge in [-0.3, -0.25) is 4.79 Å². The molecule has 132 valence electrons. The summed E-state index contributed by atoms with van der Waals surface area (Å²) in [4.78, 5) is 25.1. The fraction of sp³-hybridized carbons (Fsp3) is 0.143. The first-order chi connectivity index (χ1) is 12.7. The monoisotopic (exact) mass is 365 g/mol. The molecule has 0 aliphatic heterocycles. The Morgan fingerprint density at radius 2 is 1.54 bits per heavy atom. The molecule has 1 amide bonds. The molecule has 1 heterocycles. The van der Waals surface area contributed by atoms with Crippen LogP contribution in [0.3, 0.4) is 0 Å². The van der Waals surface area contributed by atoms with Crippen molar-refractivity contribution in [2.45, 2.75) is 12.8 Å². The highest BCUT2D eigenvalue weighted by atomic mass is 32.1. The summed E-state index contributed by atoms with van der Waals surface area (Å²) in [6.45, 7) is 2.04. The standard InChI is InChI=1S/C21H19NO3S/c1-2-25-21(24)17-13-14-26-20(17)22-19(23)18(15-9-5-3-6-10-15)16-11-7-4-8-12-16/h3-14,18H,2H2,1H3,(H,22,23). The number of nitrogens with one attached hydrogen (secondary N) is 1. The summed E-state index contributed by atoms with van der Waals surface area (Å²) in [5.74, 6) is -1.08. The summed E-state index contributed by atoms with van der Waals surface area (Å²) in [5.41, 5.74) is 2.17. The molecular formula is C21H19NO3S. The van der Waals surface area contributed by atoms with Gasteiger partial charge in [-0.15, -0.1) is 11.3 Å². The zero-order valence-electron chi connectivity index (χ0n) is 14.3. The van der Waals surface area contributed by atoms with Crippen molar-refractivity contribution in [2.75, 3.05) is 11.9 Å². The lowest BCUT2D eigenvalue weighted by molar-refractivity contribution is -0.116. The zero-order chi connectivity index (χ0) is 18.4. The smallest absolute Gasteiger partial charge is 0.341 e. The maximum Gasteiger partial charge on any atom is 0.341 e. The van der Waals surface area contributed by atoms with Crippen molar-refractivity contribution < 1.29 is 14.3 Å². The summed E-state index contributed by atoms with van der Waals surface area (Å²) in [6.07, 6.45) is 0. The van der Waals surface area contributed by atoms with Crippen LogP contribution in [0.4, 0.5) is 5.00 Å². The Kier molecular flexibility index (Phi) is 5.81. The van der Waals surface area contributed by atoms with E-state index in [0.29, 0.717) is 17.2 Å². The largest absolute Gasteiger partial charge is 0.462 e. The van der Waals surface area contributed by atoms with E-state index in [4.69, 9.17) is 4.74 Å². The highest BCUT2D eigenvalue weighted by Crippen LogP contribution is 2.29. The molecule has 4 nitrogen and oxygen atoms in total. The third kappa shape index (κ3) is 4.00. The molecule has 3 aromatic rings. The lowest BCUT2D eigenvalue weighted by atomic mass is 9.90. The van der Waals surface area contributed by atoms with Gasteiger partial charge in [0.2, 0.25) is 5.91 Å². The normalized spacial score (nSPS) is 10.5. The van der Waals surface area contributed by atoms with Crippen LogP contribution in [-0.4, -0.2) is 18.5 Å². The van der Waals surface area contributed by atoms with Crippen LogP contribution in [0.25, 0.3) is 0 Å². The summed E-state index contributed by atoms with van der Waals surface area (Å²) in [6, 6.07) is 20.9. The van der Waals surface area contributed by atoms with Crippen LogP contribution in [0, 0.1) is 0 Å². The number of carbonyl (C=O) groups is 2. The van der Waals surface area contributed by atoms with Crippen LogP contribution in [0.15, 0.2) is 72.1 Å². The Labute approximate surface area is 156 Å². The minimum absolute atomic E-state index is 0.185. The highest BCUT2D eigenvalue weighted by molar-refractivity contribution is 7.14. The number of hydrogen-bond acceptors (Lipinski definition) is 4. The molecule has 0 unspecified atom stereocenters. The van der Waals surface area contributed by atoms with E-state index in [1.165, 1.54) is 11.3 Å². The minimum Gasteiger partial charge on any atom is -0.462 e. The van der Waals surface area contributed by atoms with Gasteiger partial charge < -0.3 is 10.1 Å². The van der Waals surface area contributed by atoms with Crippen molar-refractivity contribution in [2.24, 2.45) is 0 Å². The molecule has 0 fully saturated rings. The van der Waals surface area contributed by atoms with Crippen LogP contribution in [0.5, 0.6) is 0 Å². The second-order valence-electron chi connectivity index (χ2n) is 5.63. The molecule has 0 atom stereocenters. The first kappa shape index (κ1) is 17.9. The number of thiophene rings is 1. The van der Waals surface area contributed by atoms with E-state index in [-0.39, 0.29) is 5.91 Å². The van der Waals surface area contributed by atoms with E-state index in [9.17, 15) is 9.59 Å². The van der Waals surface area contributed by atoms with E-state index in [2.05, 4.69) is 5.32 Å². The minimum atomic E-state index is -0.463. The quantitative estimate of drug-likeness (QED) is 0.645. The highest BCUT2D eigenvalue weighted by Gasteiger charge is 2.25. The molecule has 26 heavy (non-hydrogen) atoms. The molecule has 0 aliphatic carbocycles. The van der Waals surface area contributed by atoms with Gasteiger partial charge in [-0.25, -0.2) is 4.79 Å². The third-order valence-electron chi connectivity index (χ3n) is 3.93. The predicted molar refractivity (Wildman–Crippen MR) is 104 cm³/mol. The summed E-state index contributed by atoms with van der Waals surface area (Å²) >= 11 is 1.31. The summed E-state index contributed by atoms with van der Waals surface area (Å²) < 4.78 is 5.05. The van der Waals surface area contributed by atoms with Crippen molar-refractivity contribution >= 4 is 28.2 Å². The van der Waals surface area contributed by atoms with Gasteiger partial charge in [0.25, 0.3) is 0 Å². The van der Waals surface area contributed by atoms with Crippen molar-refractivity contribution in [1.29, 1.82) is 0 Å². The number of esters is 1. The Morgan fingerprint density at radius 3 is 2.08 bits per heavy atom. The number of hydrogen-bond donors (Lipinski definition) is 1. The number of amides is 1. The average Bonchev–Trinajstić information content (AvgIpc) is 3.12. The molecule has 0 aliphatic rings. The Hall–Kier alpha value is -2.92. The second-order valence-corrected chi connectivity index (χ2v) is 6.54. The molecular weight excluding hydrogens is 346 g/mol. The van der Waals surface area contributed by atoms with Gasteiger partial charge in [-0.2, -0.15) is 0 Å². The fourth-order valence-corrected chi connectivity index (χ4v) is 3.52. The van der Waals surface area contributed by atoms with E-state index >= 15 is 0 Å². The van der Waals surface area contributed by atoms with Crippen LogP contribution in [0.2, 0.25) is 0 Å². The van der Waals surface area contributed by atoms with Gasteiger partial charge >= 0.3 is 5.97 Å². The maximum absolute atomic E-state index is 13.1. The topological polar surface area (TPSA) is 55.4 Å². The fourth-order valence-electron chi connectivity index (χ4n) is 2.75. The van der Waals surface area contributed by atoms with Crippen molar-refractivity contribution in [3.63, 3.8) is 0 Å². The van der Waals surface area contributed by atoms with Gasteiger partial charge in [-0.05, 0) is 29.5 Å². The molecule has 1 N–H and O–H groups in total. The van der Waals surface area contributed by atoms with Crippen molar-refractivity contribution in [3.8, 4) is 0 Å². The first-order valence-corrected chi connectivity index (χ1v) is 9.24. The lowest BCUT2D eigenvalue weighted by Gasteiger charge is -2.17. The molecule has 0 saturated heterocycles. The van der Waals surface area contributed by atoms with Gasteiger partial charge in [0.05, 0.1) is 18.1 Å². The van der Waals surface area contributed by atoms with E-state index in [0.717, 1.165) is 11.1 Å². The van der Waals surface area contributed by atoms with Gasteiger partial charge in [-0.1, -0.05) is 60.7 Å². The number of rotatable bonds is 6. The van der Waals surface area contributed by atoms with Gasteiger partial charge in [0.1, 0.15) is 5.00 Å². The van der Waals surface area contributed by atoms with Gasteiger partial charge in [0.15, 0.2) is 0 Å². The van der Waals surface area contributed by atoms with Crippen LogP contribution >= 0.6 is 11.3 Å². The molecule has 5 heteroatoms. The second kappa shape index (κ2) is 8.45. The Bertz CT molecular complexity index is 835. The van der Waals surface area contributed by atoms with Crippen LogP contribution in [-0.2, 0) is 9.53 Å². The maximum atomic E-state index is 13.1. The number of carbonyl (C=O) groups excluding carboxylic acids is 2. The van der Waals surface area contributed by atoms with Crippen molar-refractivity contribution in [3.05, 3.63) is 88.8 Å². The van der Waals surface area contributed by atoms with Crippen LogP contribution < -0.4 is 5.32 Å². The number of ether oxygens (including phenoxy) is 1. The van der Waals surface area contributed by atoms with Gasteiger partial charge in [0, 0.05) is 0 Å². The number of benzene rings is 2. The zero-order valence-corrected chi connectivity index (χ0v) is 15.2. The van der Waals surface area contributed by atoms with Crippen molar-refractivity contribution in [1.82, 2.24) is 0 Å². The SMILES string of the molecule is CCOC(=O)c1ccsc1NC(=O)C(c1ccccc1)c1ccccc1. The molecule has 2 aromatic carbocycles. The molecule has 3 rings (SSSR count). The third-order valence-corrected chi connectivity index (χ3v) is 4.76. The van der Waals surface area contributed by atoms with Crippen LogP contribution in [0.1, 0.15) is 34.3 Å². The number of anilines is 1. The predicted octanol–water partition coefficient (Wildman–Crippen LogP) is 4.70.